The number of carbonyl (C=O) groups excluding carboxylic acids is 1. The van der Waals surface area contributed by atoms with Crippen LogP contribution < -0.4 is 16.4 Å². The molecule has 92 valence electrons. The minimum atomic E-state index is -0.458. The standard InChI is InChI=1S/C8H15N5O2.ClH/c1-3-15-6(14)5(2)4-12-8(11)13-7(9)10;/h4H,3H2,1-2H3,(H6,9,10,11,12,13);1H. The van der Waals surface area contributed by atoms with Gasteiger partial charge in [-0.05, 0) is 13.8 Å². The highest BCUT2D eigenvalue weighted by Gasteiger charge is 2.04. The van der Waals surface area contributed by atoms with Gasteiger partial charge in [0, 0.05) is 6.20 Å². The van der Waals surface area contributed by atoms with Gasteiger partial charge in [-0.1, -0.05) is 0 Å². The molecule has 0 unspecified atom stereocenters. The average Bonchev–Trinajstić information content (AvgIpc) is 2.13. The summed E-state index contributed by atoms with van der Waals surface area (Å²) in [7, 11) is 0. The third-order valence-corrected chi connectivity index (χ3v) is 1.29. The van der Waals surface area contributed by atoms with E-state index in [4.69, 9.17) is 21.3 Å². The average molecular weight is 250 g/mol. The smallest absolute Gasteiger partial charge is 0.335 e. The summed E-state index contributed by atoms with van der Waals surface area (Å²) >= 11 is 0. The summed E-state index contributed by atoms with van der Waals surface area (Å²) < 4.78 is 4.71. The number of nitrogens with one attached hydrogen (secondary N) is 4. The Labute approximate surface area is 99.8 Å². The van der Waals surface area contributed by atoms with Gasteiger partial charge in [-0.2, -0.15) is 0 Å². The highest BCUT2D eigenvalue weighted by atomic mass is 35.5. The van der Waals surface area contributed by atoms with E-state index < -0.39 is 5.97 Å². The topological polar surface area (TPSA) is 124 Å². The highest BCUT2D eigenvalue weighted by molar-refractivity contribution is 5.96. The Hall–Kier alpha value is -1.76. The van der Waals surface area contributed by atoms with Gasteiger partial charge in [0.05, 0.1) is 12.2 Å². The molecule has 0 atom stereocenters. The minimum Gasteiger partial charge on any atom is -0.463 e. The van der Waals surface area contributed by atoms with Gasteiger partial charge in [0.25, 0.3) is 0 Å². The van der Waals surface area contributed by atoms with Crippen LogP contribution >= 0.6 is 12.4 Å². The first kappa shape index (κ1) is 16.7. The molecule has 0 spiro atoms. The summed E-state index contributed by atoms with van der Waals surface area (Å²) in [4.78, 5) is 11.1. The van der Waals surface area contributed by atoms with E-state index in [9.17, 15) is 4.79 Å². The molecule has 0 heterocycles. The third kappa shape index (κ3) is 7.63. The van der Waals surface area contributed by atoms with Crippen LogP contribution in [0.2, 0.25) is 0 Å². The van der Waals surface area contributed by atoms with Crippen LogP contribution in [0, 0.1) is 10.8 Å². The lowest BCUT2D eigenvalue weighted by molar-refractivity contribution is -0.138. The van der Waals surface area contributed by atoms with E-state index in [-0.39, 0.29) is 24.3 Å². The molecule has 0 bridgehead atoms. The second-order valence-corrected chi connectivity index (χ2v) is 2.61. The first-order valence-electron chi connectivity index (χ1n) is 4.27. The lowest BCUT2D eigenvalue weighted by atomic mass is 10.3. The van der Waals surface area contributed by atoms with E-state index in [0.29, 0.717) is 12.2 Å². The predicted octanol–water partition coefficient (Wildman–Crippen LogP) is -0.117. The maximum absolute atomic E-state index is 11.1. The number of rotatable bonds is 3. The molecule has 0 aromatic carbocycles. The maximum atomic E-state index is 11.1. The van der Waals surface area contributed by atoms with E-state index in [0.717, 1.165) is 0 Å². The molecule has 16 heavy (non-hydrogen) atoms. The van der Waals surface area contributed by atoms with Crippen molar-refractivity contribution in [2.45, 2.75) is 13.8 Å². The van der Waals surface area contributed by atoms with Crippen LogP contribution in [0.3, 0.4) is 0 Å². The van der Waals surface area contributed by atoms with Gasteiger partial charge in [-0.25, -0.2) is 4.79 Å². The fourth-order valence-corrected chi connectivity index (χ4v) is 0.655. The van der Waals surface area contributed by atoms with Crippen molar-refractivity contribution in [2.24, 2.45) is 5.73 Å². The summed E-state index contributed by atoms with van der Waals surface area (Å²) in [6, 6.07) is 0. The molecule has 0 saturated heterocycles. The molecule has 0 rings (SSSR count). The lowest BCUT2D eigenvalue weighted by Gasteiger charge is -2.06. The van der Waals surface area contributed by atoms with Gasteiger partial charge < -0.3 is 15.8 Å². The van der Waals surface area contributed by atoms with E-state index in [1.807, 2.05) is 0 Å². The van der Waals surface area contributed by atoms with Crippen molar-refractivity contribution in [1.82, 2.24) is 10.6 Å². The van der Waals surface area contributed by atoms with Crippen molar-refractivity contribution in [3.63, 3.8) is 0 Å². The van der Waals surface area contributed by atoms with Gasteiger partial charge in [0.2, 0.25) is 0 Å². The summed E-state index contributed by atoms with van der Waals surface area (Å²) in [6.07, 6.45) is 1.30. The van der Waals surface area contributed by atoms with Crippen LogP contribution in [0.25, 0.3) is 0 Å². The number of carbonyl (C=O) groups is 1. The molecule has 0 saturated carbocycles. The number of halogens is 1. The SMILES string of the molecule is CCOC(=O)C(C)=CNC(=N)NC(=N)N.Cl. The molecule has 0 amide bonds. The Morgan fingerprint density at radius 2 is 2.06 bits per heavy atom. The Balaban J connectivity index is 0. The van der Waals surface area contributed by atoms with Gasteiger partial charge in [0.1, 0.15) is 0 Å². The largest absolute Gasteiger partial charge is 0.463 e. The molecule has 0 aliphatic rings. The van der Waals surface area contributed by atoms with Crippen molar-refractivity contribution in [1.29, 1.82) is 10.8 Å². The molecule has 8 heteroatoms. The minimum absolute atomic E-state index is 0. The Bertz CT molecular complexity index is 303. The summed E-state index contributed by atoms with van der Waals surface area (Å²) in [5.41, 5.74) is 5.31. The van der Waals surface area contributed by atoms with E-state index in [1.165, 1.54) is 6.20 Å². The van der Waals surface area contributed by atoms with E-state index in [2.05, 4.69) is 10.6 Å². The van der Waals surface area contributed by atoms with E-state index in [1.54, 1.807) is 13.8 Å². The van der Waals surface area contributed by atoms with Gasteiger partial charge in [-0.3, -0.25) is 16.1 Å². The zero-order valence-electron chi connectivity index (χ0n) is 9.09. The molecular weight excluding hydrogens is 234 g/mol. The quantitative estimate of drug-likeness (QED) is 0.206. The predicted molar refractivity (Wildman–Crippen MR) is 63.6 cm³/mol. The normalized spacial score (nSPS) is 9.75. The number of hydrogen-bond donors (Lipinski definition) is 5. The van der Waals surface area contributed by atoms with Crippen LogP contribution in [-0.2, 0) is 9.53 Å². The molecule has 0 aliphatic carbocycles. The first-order valence-corrected chi connectivity index (χ1v) is 4.27. The van der Waals surface area contributed by atoms with Crippen LogP contribution in [-0.4, -0.2) is 24.5 Å². The molecule has 0 radical (unpaired) electrons. The number of hydrogen-bond acceptors (Lipinski definition) is 4. The Morgan fingerprint density at radius 3 is 2.50 bits per heavy atom. The molecule has 6 N–H and O–H groups in total. The Kier molecular flexibility index (Phi) is 8.89. The molecular formula is C8H16ClN5O2. The van der Waals surface area contributed by atoms with Crippen LogP contribution in [0.15, 0.2) is 11.8 Å². The fourth-order valence-electron chi connectivity index (χ4n) is 0.655. The van der Waals surface area contributed by atoms with Crippen LogP contribution in [0.4, 0.5) is 0 Å². The number of nitrogens with two attached hydrogens (primary N) is 1. The van der Waals surface area contributed by atoms with Crippen molar-refractivity contribution in [3.8, 4) is 0 Å². The number of ether oxygens (including phenoxy) is 1. The molecule has 7 nitrogen and oxygen atoms in total. The van der Waals surface area contributed by atoms with Crippen LogP contribution in [0.5, 0.6) is 0 Å². The van der Waals surface area contributed by atoms with Crippen molar-refractivity contribution < 1.29 is 9.53 Å². The van der Waals surface area contributed by atoms with Crippen molar-refractivity contribution in [3.05, 3.63) is 11.8 Å². The van der Waals surface area contributed by atoms with E-state index >= 15 is 0 Å². The maximum Gasteiger partial charge on any atom is 0.335 e. The third-order valence-electron chi connectivity index (χ3n) is 1.29. The number of esters is 1. The summed E-state index contributed by atoms with van der Waals surface area (Å²) in [5, 5.41) is 18.7. The molecule has 0 fully saturated rings. The van der Waals surface area contributed by atoms with Gasteiger partial charge in [-0.15, -0.1) is 12.4 Å². The van der Waals surface area contributed by atoms with Gasteiger partial charge in [0.15, 0.2) is 11.9 Å². The lowest BCUT2D eigenvalue weighted by Crippen LogP contribution is -2.41. The molecule has 0 aromatic rings. The second-order valence-electron chi connectivity index (χ2n) is 2.61. The molecule has 0 aliphatic heterocycles. The molecule has 0 aromatic heterocycles. The zero-order chi connectivity index (χ0) is 11.8. The summed E-state index contributed by atoms with van der Waals surface area (Å²) in [5.74, 6) is -0.999. The summed E-state index contributed by atoms with van der Waals surface area (Å²) in [6.45, 7) is 3.55. The highest BCUT2D eigenvalue weighted by Crippen LogP contribution is 1.93. The second kappa shape index (κ2) is 8.54. The number of guanidine groups is 2. The van der Waals surface area contributed by atoms with Crippen molar-refractivity contribution in [2.75, 3.05) is 6.61 Å². The Morgan fingerprint density at radius 1 is 1.50 bits per heavy atom. The van der Waals surface area contributed by atoms with Crippen LogP contribution in [0.1, 0.15) is 13.8 Å². The fraction of sp³-hybridized carbons (Fsp3) is 0.375. The van der Waals surface area contributed by atoms with Crippen molar-refractivity contribution >= 4 is 30.3 Å². The zero-order valence-corrected chi connectivity index (χ0v) is 9.90. The first-order chi connectivity index (χ1) is 6.97. The van der Waals surface area contributed by atoms with Gasteiger partial charge >= 0.3 is 5.97 Å². The monoisotopic (exact) mass is 249 g/mol.